The standard InChI is InChI=1S/C19H14F3N3O2/c1-12-10-16(26)17(23-18(27)13-6-3-2-4-7-13)24-25(12)15-9-5-8-14(11-15)19(20,21)22/h2-11H,1H3,(H,23,24,27). The lowest BCUT2D eigenvalue weighted by molar-refractivity contribution is -0.137. The zero-order valence-electron chi connectivity index (χ0n) is 14.1. The first-order chi connectivity index (χ1) is 12.8. The minimum atomic E-state index is -4.51. The third kappa shape index (κ3) is 4.05. The first kappa shape index (κ1) is 18.4. The Kier molecular flexibility index (Phi) is 4.81. The van der Waals surface area contributed by atoms with Crippen molar-refractivity contribution in [2.24, 2.45) is 0 Å². The summed E-state index contributed by atoms with van der Waals surface area (Å²) in [5.74, 6) is -0.813. The van der Waals surface area contributed by atoms with E-state index in [0.717, 1.165) is 12.1 Å². The van der Waals surface area contributed by atoms with Gasteiger partial charge in [0.05, 0.1) is 11.3 Å². The van der Waals surface area contributed by atoms with Crippen LogP contribution < -0.4 is 10.7 Å². The molecular weight excluding hydrogens is 359 g/mol. The Bertz CT molecular complexity index is 1040. The molecule has 27 heavy (non-hydrogen) atoms. The average molecular weight is 373 g/mol. The lowest BCUT2D eigenvalue weighted by Gasteiger charge is -2.14. The quantitative estimate of drug-likeness (QED) is 0.759. The van der Waals surface area contributed by atoms with Crippen LogP contribution in [0.15, 0.2) is 65.5 Å². The topological polar surface area (TPSA) is 64.0 Å². The lowest BCUT2D eigenvalue weighted by Crippen LogP contribution is -2.23. The summed E-state index contributed by atoms with van der Waals surface area (Å²) in [6.45, 7) is 1.54. The first-order valence-electron chi connectivity index (χ1n) is 7.91. The Morgan fingerprint density at radius 2 is 1.74 bits per heavy atom. The van der Waals surface area contributed by atoms with Gasteiger partial charge in [-0.15, -0.1) is 5.10 Å². The van der Waals surface area contributed by atoms with Gasteiger partial charge in [-0.3, -0.25) is 9.59 Å². The Labute approximate surface area is 152 Å². The minimum absolute atomic E-state index is 0.123. The summed E-state index contributed by atoms with van der Waals surface area (Å²) in [6, 6.07) is 13.9. The number of carbonyl (C=O) groups excluding carboxylic acids is 1. The van der Waals surface area contributed by atoms with Gasteiger partial charge in [-0.05, 0) is 37.3 Å². The zero-order valence-corrected chi connectivity index (χ0v) is 14.1. The number of hydrogen-bond donors (Lipinski definition) is 1. The number of amides is 1. The van der Waals surface area contributed by atoms with Crippen molar-refractivity contribution in [2.75, 3.05) is 5.32 Å². The van der Waals surface area contributed by atoms with Gasteiger partial charge in [0, 0.05) is 17.3 Å². The van der Waals surface area contributed by atoms with Crippen LogP contribution in [0, 0.1) is 6.92 Å². The number of alkyl halides is 3. The number of benzene rings is 2. The number of anilines is 1. The fourth-order valence-electron chi connectivity index (χ4n) is 2.48. The summed E-state index contributed by atoms with van der Waals surface area (Å²) < 4.78 is 40.0. The van der Waals surface area contributed by atoms with Crippen molar-refractivity contribution in [3.8, 4) is 5.69 Å². The number of aromatic nitrogens is 2. The Balaban J connectivity index is 2.00. The molecule has 1 N–H and O–H groups in total. The van der Waals surface area contributed by atoms with Gasteiger partial charge in [0.15, 0.2) is 0 Å². The summed E-state index contributed by atoms with van der Waals surface area (Å²) in [5, 5.41) is 6.44. The average Bonchev–Trinajstić information content (AvgIpc) is 2.64. The predicted octanol–water partition coefficient (Wildman–Crippen LogP) is 3.81. The molecule has 0 atom stereocenters. The molecule has 138 valence electrons. The zero-order chi connectivity index (χ0) is 19.6. The monoisotopic (exact) mass is 373 g/mol. The highest BCUT2D eigenvalue weighted by molar-refractivity contribution is 6.03. The molecule has 0 bridgehead atoms. The molecule has 0 aliphatic carbocycles. The highest BCUT2D eigenvalue weighted by Crippen LogP contribution is 2.30. The molecule has 0 radical (unpaired) electrons. The molecule has 2 aromatic carbocycles. The van der Waals surface area contributed by atoms with Crippen molar-refractivity contribution < 1.29 is 18.0 Å². The first-order valence-corrected chi connectivity index (χ1v) is 7.91. The molecule has 0 aliphatic heterocycles. The fraction of sp³-hybridized carbons (Fsp3) is 0.105. The van der Waals surface area contributed by atoms with Crippen LogP contribution in [0.25, 0.3) is 5.69 Å². The van der Waals surface area contributed by atoms with Crippen LogP contribution in [0.4, 0.5) is 19.0 Å². The second-order valence-electron chi connectivity index (χ2n) is 5.78. The summed E-state index contributed by atoms with van der Waals surface area (Å²) in [4.78, 5) is 24.4. The van der Waals surface area contributed by atoms with Gasteiger partial charge in [-0.25, -0.2) is 4.68 Å². The van der Waals surface area contributed by atoms with E-state index in [4.69, 9.17) is 0 Å². The summed E-state index contributed by atoms with van der Waals surface area (Å²) in [7, 11) is 0. The smallest absolute Gasteiger partial charge is 0.302 e. The molecule has 5 nitrogen and oxygen atoms in total. The molecule has 1 amide bonds. The number of carbonyl (C=O) groups is 1. The van der Waals surface area contributed by atoms with Crippen molar-refractivity contribution in [3.63, 3.8) is 0 Å². The maximum Gasteiger partial charge on any atom is 0.416 e. The van der Waals surface area contributed by atoms with E-state index in [0.29, 0.717) is 11.3 Å². The fourth-order valence-corrected chi connectivity index (χ4v) is 2.48. The van der Waals surface area contributed by atoms with Crippen molar-refractivity contribution in [1.82, 2.24) is 9.78 Å². The molecule has 0 saturated carbocycles. The van der Waals surface area contributed by atoms with Gasteiger partial charge >= 0.3 is 6.18 Å². The number of nitrogens with zero attached hydrogens (tertiary/aromatic N) is 2. The molecule has 0 fully saturated rings. The van der Waals surface area contributed by atoms with Crippen molar-refractivity contribution in [3.05, 3.63) is 87.7 Å². The molecule has 1 heterocycles. The SMILES string of the molecule is Cc1cc(=O)c(NC(=O)c2ccccc2)nn1-c1cccc(C(F)(F)F)c1. The van der Waals surface area contributed by atoms with E-state index in [-0.39, 0.29) is 11.5 Å². The van der Waals surface area contributed by atoms with E-state index in [1.165, 1.54) is 29.8 Å². The maximum absolute atomic E-state index is 13.0. The Hall–Kier alpha value is -3.42. The van der Waals surface area contributed by atoms with Gasteiger partial charge in [-0.1, -0.05) is 24.3 Å². The van der Waals surface area contributed by atoms with E-state index in [1.807, 2.05) is 0 Å². The summed E-state index contributed by atoms with van der Waals surface area (Å²) in [6.07, 6.45) is -4.51. The molecule has 0 unspecified atom stereocenters. The normalized spacial score (nSPS) is 11.3. The third-order valence-corrected chi connectivity index (χ3v) is 3.79. The van der Waals surface area contributed by atoms with E-state index < -0.39 is 23.1 Å². The van der Waals surface area contributed by atoms with Crippen molar-refractivity contribution in [1.29, 1.82) is 0 Å². The molecule has 1 aromatic heterocycles. The highest BCUT2D eigenvalue weighted by Gasteiger charge is 2.30. The van der Waals surface area contributed by atoms with Gasteiger partial charge in [0.1, 0.15) is 0 Å². The summed E-state index contributed by atoms with van der Waals surface area (Å²) >= 11 is 0. The van der Waals surface area contributed by atoms with Crippen LogP contribution in [-0.2, 0) is 6.18 Å². The molecule has 3 aromatic rings. The van der Waals surface area contributed by atoms with Crippen LogP contribution in [0.1, 0.15) is 21.6 Å². The third-order valence-electron chi connectivity index (χ3n) is 3.79. The summed E-state index contributed by atoms with van der Waals surface area (Å²) in [5.41, 5.74) is -0.603. The van der Waals surface area contributed by atoms with Crippen molar-refractivity contribution >= 4 is 11.7 Å². The van der Waals surface area contributed by atoms with Crippen LogP contribution >= 0.6 is 0 Å². The van der Waals surface area contributed by atoms with E-state index in [2.05, 4.69) is 10.4 Å². The molecular formula is C19H14F3N3O2. The molecule has 8 heteroatoms. The van der Waals surface area contributed by atoms with Crippen LogP contribution in [-0.4, -0.2) is 15.7 Å². The second-order valence-corrected chi connectivity index (χ2v) is 5.78. The van der Waals surface area contributed by atoms with Crippen LogP contribution in [0.5, 0.6) is 0 Å². The number of hydrogen-bond acceptors (Lipinski definition) is 3. The van der Waals surface area contributed by atoms with Crippen LogP contribution in [0.2, 0.25) is 0 Å². The number of aryl methyl sites for hydroxylation is 1. The number of halogens is 3. The minimum Gasteiger partial charge on any atom is -0.302 e. The molecule has 0 saturated heterocycles. The maximum atomic E-state index is 13.0. The highest BCUT2D eigenvalue weighted by atomic mass is 19.4. The van der Waals surface area contributed by atoms with E-state index >= 15 is 0 Å². The predicted molar refractivity (Wildman–Crippen MR) is 94.0 cm³/mol. The lowest BCUT2D eigenvalue weighted by atomic mass is 10.2. The van der Waals surface area contributed by atoms with Crippen molar-refractivity contribution in [2.45, 2.75) is 13.1 Å². The Morgan fingerprint density at radius 1 is 1.04 bits per heavy atom. The van der Waals surface area contributed by atoms with Crippen LogP contribution in [0.3, 0.4) is 0 Å². The largest absolute Gasteiger partial charge is 0.416 e. The van der Waals surface area contributed by atoms with Gasteiger partial charge in [0.2, 0.25) is 11.2 Å². The molecule has 0 aliphatic rings. The van der Waals surface area contributed by atoms with E-state index in [1.54, 1.807) is 30.3 Å². The molecule has 3 rings (SSSR count). The number of rotatable bonds is 3. The van der Waals surface area contributed by atoms with Gasteiger partial charge < -0.3 is 5.32 Å². The number of nitrogens with one attached hydrogen (secondary N) is 1. The molecule has 0 spiro atoms. The Morgan fingerprint density at radius 3 is 2.41 bits per heavy atom. The van der Waals surface area contributed by atoms with Gasteiger partial charge in [-0.2, -0.15) is 13.2 Å². The van der Waals surface area contributed by atoms with Gasteiger partial charge in [0.25, 0.3) is 5.91 Å². The second kappa shape index (κ2) is 7.06. The van der Waals surface area contributed by atoms with E-state index in [9.17, 15) is 22.8 Å².